The fourth-order valence-corrected chi connectivity index (χ4v) is 2.38. The Labute approximate surface area is 123 Å². The van der Waals surface area contributed by atoms with Crippen LogP contribution in [0, 0.1) is 0 Å². The van der Waals surface area contributed by atoms with E-state index in [0.29, 0.717) is 13.2 Å². The number of anilines is 1. The number of benzene rings is 1. The van der Waals surface area contributed by atoms with Crippen molar-refractivity contribution in [1.82, 2.24) is 5.32 Å². The van der Waals surface area contributed by atoms with Gasteiger partial charge in [0.25, 0.3) is 0 Å². The van der Waals surface area contributed by atoms with Crippen molar-refractivity contribution in [2.75, 3.05) is 39.3 Å². The van der Waals surface area contributed by atoms with Gasteiger partial charge < -0.3 is 20.1 Å². The van der Waals surface area contributed by atoms with Crippen LogP contribution in [-0.2, 0) is 4.74 Å². The molecule has 2 N–H and O–H groups in total. The highest BCUT2D eigenvalue weighted by Crippen LogP contribution is 2.29. The smallest absolute Gasteiger partial charge is 0.0947 e. The van der Waals surface area contributed by atoms with E-state index in [1.54, 1.807) is 7.11 Å². The lowest BCUT2D eigenvalue weighted by Crippen LogP contribution is -2.33. The lowest BCUT2D eigenvalue weighted by molar-refractivity contribution is 0.0695. The number of halogens is 1. The van der Waals surface area contributed by atoms with Gasteiger partial charge in [0.2, 0.25) is 0 Å². The van der Waals surface area contributed by atoms with E-state index in [0.717, 1.165) is 10.2 Å². The van der Waals surface area contributed by atoms with E-state index < -0.39 is 6.10 Å². The minimum atomic E-state index is -0.494. The van der Waals surface area contributed by atoms with Crippen LogP contribution in [0.15, 0.2) is 22.7 Å². The molecule has 0 saturated heterocycles. The van der Waals surface area contributed by atoms with Gasteiger partial charge in [0, 0.05) is 36.9 Å². The van der Waals surface area contributed by atoms with Crippen molar-refractivity contribution < 1.29 is 9.84 Å². The van der Waals surface area contributed by atoms with Crippen molar-refractivity contribution in [2.24, 2.45) is 0 Å². The Hall–Kier alpha value is -0.620. The predicted octanol–water partition coefficient (Wildman–Crippen LogP) is 2.17. The topological polar surface area (TPSA) is 44.7 Å². The number of nitrogens with zero attached hydrogens (tertiary/aromatic N) is 1. The molecule has 0 bridgehead atoms. The molecule has 108 valence electrons. The summed E-state index contributed by atoms with van der Waals surface area (Å²) in [5, 5.41) is 13.1. The van der Waals surface area contributed by atoms with E-state index in [9.17, 15) is 5.11 Å². The number of rotatable bonds is 7. The van der Waals surface area contributed by atoms with E-state index in [-0.39, 0.29) is 6.04 Å². The number of hydrogen-bond acceptors (Lipinski definition) is 4. The van der Waals surface area contributed by atoms with Crippen LogP contribution in [0.4, 0.5) is 5.69 Å². The van der Waals surface area contributed by atoms with E-state index in [2.05, 4.69) is 45.2 Å². The second-order valence-electron chi connectivity index (χ2n) is 4.70. The molecule has 1 aromatic carbocycles. The summed E-state index contributed by atoms with van der Waals surface area (Å²) in [4.78, 5) is 2.05. The Bertz CT molecular complexity index is 401. The molecule has 0 fully saturated rings. The average Bonchev–Trinajstić information content (AvgIpc) is 2.37. The van der Waals surface area contributed by atoms with Crippen LogP contribution in [0.25, 0.3) is 0 Å². The van der Waals surface area contributed by atoms with Crippen LogP contribution >= 0.6 is 15.9 Å². The standard InChI is InChI=1S/C14H23BrN2O2/c1-10(16-2)13-6-5-11(15)7-14(13)17(3)8-12(18)9-19-4/h5-7,10,12,16,18H,8-9H2,1-4H3. The molecular weight excluding hydrogens is 308 g/mol. The molecule has 0 saturated carbocycles. The summed E-state index contributed by atoms with van der Waals surface area (Å²) >= 11 is 3.50. The third-order valence-corrected chi connectivity index (χ3v) is 3.64. The summed E-state index contributed by atoms with van der Waals surface area (Å²) in [7, 11) is 5.51. The number of likely N-dealkylation sites (N-methyl/N-ethyl adjacent to an activating group) is 1. The Kier molecular flexibility index (Phi) is 6.79. The van der Waals surface area contributed by atoms with Crippen molar-refractivity contribution in [3.05, 3.63) is 28.2 Å². The molecular formula is C14H23BrN2O2. The zero-order valence-corrected chi connectivity index (χ0v) is 13.6. The summed E-state index contributed by atoms with van der Waals surface area (Å²) in [6.07, 6.45) is -0.494. The molecule has 4 nitrogen and oxygen atoms in total. The predicted molar refractivity (Wildman–Crippen MR) is 82.8 cm³/mol. The molecule has 0 spiro atoms. The summed E-state index contributed by atoms with van der Waals surface area (Å²) in [5.41, 5.74) is 2.31. The maximum absolute atomic E-state index is 9.84. The first-order chi connectivity index (χ1) is 8.99. The van der Waals surface area contributed by atoms with E-state index in [1.165, 1.54) is 5.56 Å². The lowest BCUT2D eigenvalue weighted by Gasteiger charge is -2.27. The maximum atomic E-state index is 9.84. The Balaban J connectivity index is 2.93. The van der Waals surface area contributed by atoms with Crippen molar-refractivity contribution in [3.8, 4) is 0 Å². The lowest BCUT2D eigenvalue weighted by atomic mass is 10.1. The van der Waals surface area contributed by atoms with Crippen LogP contribution in [0.2, 0.25) is 0 Å². The summed E-state index contributed by atoms with van der Waals surface area (Å²) in [6.45, 7) is 3.00. The van der Waals surface area contributed by atoms with E-state index in [4.69, 9.17) is 4.74 Å². The van der Waals surface area contributed by atoms with Crippen LogP contribution in [-0.4, -0.2) is 45.6 Å². The molecule has 0 heterocycles. The van der Waals surface area contributed by atoms with Gasteiger partial charge in [-0.2, -0.15) is 0 Å². The highest BCUT2D eigenvalue weighted by atomic mass is 79.9. The van der Waals surface area contributed by atoms with E-state index in [1.807, 2.05) is 20.2 Å². The number of methoxy groups -OCH3 is 1. The van der Waals surface area contributed by atoms with Gasteiger partial charge in [0.1, 0.15) is 0 Å². The molecule has 0 aliphatic heterocycles. The van der Waals surface area contributed by atoms with Gasteiger partial charge in [-0.15, -0.1) is 0 Å². The van der Waals surface area contributed by atoms with Crippen LogP contribution in [0.1, 0.15) is 18.5 Å². The Morgan fingerprint density at radius 3 is 2.74 bits per heavy atom. The zero-order chi connectivity index (χ0) is 14.4. The SMILES string of the molecule is CNC(C)c1ccc(Br)cc1N(C)CC(O)COC. The van der Waals surface area contributed by atoms with Crippen LogP contribution < -0.4 is 10.2 Å². The number of aliphatic hydroxyl groups excluding tert-OH is 1. The molecule has 5 heteroatoms. The first-order valence-corrected chi connectivity index (χ1v) is 7.13. The maximum Gasteiger partial charge on any atom is 0.0947 e. The third kappa shape index (κ3) is 4.76. The monoisotopic (exact) mass is 330 g/mol. The van der Waals surface area contributed by atoms with Gasteiger partial charge in [-0.25, -0.2) is 0 Å². The molecule has 0 aliphatic rings. The highest BCUT2D eigenvalue weighted by molar-refractivity contribution is 9.10. The number of hydrogen-bond donors (Lipinski definition) is 2. The van der Waals surface area contributed by atoms with Crippen molar-refractivity contribution in [1.29, 1.82) is 0 Å². The second-order valence-corrected chi connectivity index (χ2v) is 5.62. The van der Waals surface area contributed by atoms with E-state index >= 15 is 0 Å². The van der Waals surface area contributed by atoms with Gasteiger partial charge in [-0.1, -0.05) is 22.0 Å². The fraction of sp³-hybridized carbons (Fsp3) is 0.571. The summed E-state index contributed by atoms with van der Waals surface area (Å²) in [5.74, 6) is 0. The molecule has 1 rings (SSSR count). The number of aliphatic hydroxyl groups is 1. The second kappa shape index (κ2) is 7.85. The fourth-order valence-electron chi connectivity index (χ4n) is 2.03. The Morgan fingerprint density at radius 2 is 2.16 bits per heavy atom. The van der Waals surface area contributed by atoms with Crippen molar-refractivity contribution >= 4 is 21.6 Å². The minimum Gasteiger partial charge on any atom is -0.389 e. The summed E-state index contributed by atoms with van der Waals surface area (Å²) in [6, 6.07) is 6.46. The first kappa shape index (κ1) is 16.4. The van der Waals surface area contributed by atoms with Gasteiger partial charge in [-0.05, 0) is 31.7 Å². The molecule has 0 amide bonds. The molecule has 2 atom stereocenters. The highest BCUT2D eigenvalue weighted by Gasteiger charge is 2.15. The number of ether oxygens (including phenoxy) is 1. The first-order valence-electron chi connectivity index (χ1n) is 6.34. The molecule has 0 aromatic heterocycles. The largest absolute Gasteiger partial charge is 0.389 e. The zero-order valence-electron chi connectivity index (χ0n) is 12.0. The quantitative estimate of drug-likeness (QED) is 0.804. The average molecular weight is 331 g/mol. The summed E-state index contributed by atoms with van der Waals surface area (Å²) < 4.78 is 5.99. The van der Waals surface area contributed by atoms with Crippen molar-refractivity contribution in [2.45, 2.75) is 19.1 Å². The van der Waals surface area contributed by atoms with Gasteiger partial charge >= 0.3 is 0 Å². The molecule has 2 unspecified atom stereocenters. The van der Waals surface area contributed by atoms with Gasteiger partial charge in [-0.3, -0.25) is 0 Å². The number of nitrogens with one attached hydrogen (secondary N) is 1. The minimum absolute atomic E-state index is 0.255. The van der Waals surface area contributed by atoms with Gasteiger partial charge in [0.05, 0.1) is 12.7 Å². The van der Waals surface area contributed by atoms with Crippen LogP contribution in [0.3, 0.4) is 0 Å². The molecule has 19 heavy (non-hydrogen) atoms. The molecule has 0 aliphatic carbocycles. The third-order valence-electron chi connectivity index (χ3n) is 3.15. The normalized spacial score (nSPS) is 14.2. The van der Waals surface area contributed by atoms with Gasteiger partial charge in [0.15, 0.2) is 0 Å². The Morgan fingerprint density at radius 1 is 1.47 bits per heavy atom. The van der Waals surface area contributed by atoms with Crippen molar-refractivity contribution in [3.63, 3.8) is 0 Å². The molecule has 1 aromatic rings. The molecule has 0 radical (unpaired) electrons. The van der Waals surface area contributed by atoms with Crippen LogP contribution in [0.5, 0.6) is 0 Å².